The highest BCUT2D eigenvalue weighted by atomic mass is 16.5. The first-order valence-electron chi connectivity index (χ1n) is 4.38. The van der Waals surface area contributed by atoms with Gasteiger partial charge in [-0.25, -0.2) is 9.59 Å². The molecule has 0 spiro atoms. The van der Waals surface area contributed by atoms with Crippen molar-refractivity contribution in [3.05, 3.63) is 41.5 Å². The van der Waals surface area contributed by atoms with E-state index in [0.717, 1.165) is 11.1 Å². The molecule has 4 nitrogen and oxygen atoms in total. The van der Waals surface area contributed by atoms with Gasteiger partial charge in [-0.05, 0) is 17.7 Å². The third-order valence-electron chi connectivity index (χ3n) is 2.16. The quantitative estimate of drug-likeness (QED) is 0.738. The minimum Gasteiger partial charge on any atom is -0.478 e. The van der Waals surface area contributed by atoms with Crippen LogP contribution < -0.4 is 0 Å². The van der Waals surface area contributed by atoms with Crippen molar-refractivity contribution in [3.8, 4) is 0 Å². The van der Waals surface area contributed by atoms with Crippen LogP contribution in [-0.4, -0.2) is 23.7 Å². The van der Waals surface area contributed by atoms with Gasteiger partial charge < -0.3 is 9.84 Å². The highest BCUT2D eigenvalue weighted by molar-refractivity contribution is 5.96. The van der Waals surface area contributed by atoms with Gasteiger partial charge in [0, 0.05) is 11.6 Å². The Morgan fingerprint density at radius 2 is 1.93 bits per heavy atom. The van der Waals surface area contributed by atoms with Crippen LogP contribution in [0.15, 0.2) is 30.3 Å². The van der Waals surface area contributed by atoms with Gasteiger partial charge in [0.25, 0.3) is 0 Å². The number of cyclic esters (lactones) is 1. The fraction of sp³-hybridized carbons (Fsp3) is 0.0909. The van der Waals surface area contributed by atoms with E-state index in [9.17, 15) is 9.59 Å². The predicted octanol–water partition coefficient (Wildman–Crippen LogP) is 1.33. The van der Waals surface area contributed by atoms with Gasteiger partial charge in [-0.2, -0.15) is 0 Å². The molecule has 1 aromatic rings. The van der Waals surface area contributed by atoms with E-state index in [1.165, 1.54) is 18.2 Å². The van der Waals surface area contributed by atoms with E-state index in [0.29, 0.717) is 0 Å². The molecule has 0 saturated heterocycles. The molecule has 0 radical (unpaired) electrons. The maximum Gasteiger partial charge on any atom is 0.335 e. The number of aromatic carboxylic acids is 1. The molecule has 1 aromatic carbocycles. The first-order chi connectivity index (χ1) is 7.16. The number of hydrogen-bond acceptors (Lipinski definition) is 3. The summed E-state index contributed by atoms with van der Waals surface area (Å²) in [7, 11) is 0. The Morgan fingerprint density at radius 1 is 1.27 bits per heavy atom. The van der Waals surface area contributed by atoms with Crippen molar-refractivity contribution < 1.29 is 19.4 Å². The molecular weight excluding hydrogens is 196 g/mol. The molecule has 0 saturated carbocycles. The van der Waals surface area contributed by atoms with E-state index in [1.807, 2.05) is 0 Å². The molecule has 0 unspecified atom stereocenters. The lowest BCUT2D eigenvalue weighted by Crippen LogP contribution is -1.96. The van der Waals surface area contributed by atoms with Crippen LogP contribution in [-0.2, 0) is 9.53 Å². The zero-order chi connectivity index (χ0) is 10.8. The van der Waals surface area contributed by atoms with Crippen LogP contribution in [0.1, 0.15) is 15.9 Å². The molecule has 0 amide bonds. The maximum absolute atomic E-state index is 10.8. The van der Waals surface area contributed by atoms with Crippen LogP contribution in [0.5, 0.6) is 0 Å². The Hall–Kier alpha value is -2.10. The normalized spacial score (nSPS) is 14.7. The van der Waals surface area contributed by atoms with Crippen molar-refractivity contribution in [2.45, 2.75) is 0 Å². The van der Waals surface area contributed by atoms with Crippen molar-refractivity contribution in [3.63, 3.8) is 0 Å². The fourth-order valence-corrected chi connectivity index (χ4v) is 1.37. The standard InChI is InChI=1S/C11H8O4/c12-10-5-9(6-15-10)7-1-3-8(4-2-7)11(13)14/h1-5H,6H2,(H,13,14). The summed E-state index contributed by atoms with van der Waals surface area (Å²) in [5.74, 6) is -1.32. The SMILES string of the molecule is O=C1C=C(c2ccc(C(=O)O)cc2)CO1. The lowest BCUT2D eigenvalue weighted by molar-refractivity contribution is -0.134. The number of carboxylic acids is 1. The molecule has 1 heterocycles. The second-order valence-corrected chi connectivity index (χ2v) is 3.16. The monoisotopic (exact) mass is 204 g/mol. The topological polar surface area (TPSA) is 63.6 Å². The second kappa shape index (κ2) is 3.57. The Balaban J connectivity index is 2.28. The average molecular weight is 204 g/mol. The summed E-state index contributed by atoms with van der Waals surface area (Å²) in [5.41, 5.74) is 1.81. The first-order valence-corrected chi connectivity index (χ1v) is 4.38. The van der Waals surface area contributed by atoms with Crippen molar-refractivity contribution in [1.82, 2.24) is 0 Å². The number of carbonyl (C=O) groups is 2. The summed E-state index contributed by atoms with van der Waals surface area (Å²) in [5, 5.41) is 8.69. The van der Waals surface area contributed by atoms with E-state index in [4.69, 9.17) is 9.84 Å². The Labute approximate surface area is 85.8 Å². The average Bonchev–Trinajstić information content (AvgIpc) is 2.65. The third-order valence-corrected chi connectivity index (χ3v) is 2.16. The molecule has 0 atom stereocenters. The summed E-state index contributed by atoms with van der Waals surface area (Å²) >= 11 is 0. The minimum atomic E-state index is -0.964. The Bertz CT molecular complexity index is 442. The van der Waals surface area contributed by atoms with Gasteiger partial charge in [0.2, 0.25) is 0 Å². The second-order valence-electron chi connectivity index (χ2n) is 3.16. The van der Waals surface area contributed by atoms with Crippen molar-refractivity contribution in [2.75, 3.05) is 6.61 Å². The van der Waals surface area contributed by atoms with Crippen molar-refractivity contribution in [2.24, 2.45) is 0 Å². The van der Waals surface area contributed by atoms with Crippen LogP contribution in [0.25, 0.3) is 5.57 Å². The molecule has 1 aliphatic rings. The molecule has 0 bridgehead atoms. The Kier molecular flexibility index (Phi) is 2.25. The molecule has 1 N–H and O–H groups in total. The molecule has 15 heavy (non-hydrogen) atoms. The van der Waals surface area contributed by atoms with Gasteiger partial charge in [-0.15, -0.1) is 0 Å². The van der Waals surface area contributed by atoms with E-state index in [2.05, 4.69) is 0 Å². The zero-order valence-corrected chi connectivity index (χ0v) is 7.77. The van der Waals surface area contributed by atoms with Gasteiger partial charge in [-0.1, -0.05) is 12.1 Å². The molecule has 0 aliphatic carbocycles. The summed E-state index contributed by atoms with van der Waals surface area (Å²) in [6, 6.07) is 6.33. The number of ether oxygens (including phenoxy) is 1. The zero-order valence-electron chi connectivity index (χ0n) is 7.77. The van der Waals surface area contributed by atoms with E-state index in [-0.39, 0.29) is 18.1 Å². The number of carboxylic acid groups (broad SMARTS) is 1. The van der Waals surface area contributed by atoms with Gasteiger partial charge in [0.15, 0.2) is 0 Å². The molecular formula is C11H8O4. The van der Waals surface area contributed by atoms with E-state index in [1.54, 1.807) is 12.1 Å². The van der Waals surface area contributed by atoms with Gasteiger partial charge in [0.1, 0.15) is 6.61 Å². The third kappa shape index (κ3) is 1.88. The minimum absolute atomic E-state index is 0.226. The smallest absolute Gasteiger partial charge is 0.335 e. The number of esters is 1. The van der Waals surface area contributed by atoms with Crippen LogP contribution in [0.3, 0.4) is 0 Å². The highest BCUT2D eigenvalue weighted by Gasteiger charge is 2.14. The summed E-state index contributed by atoms with van der Waals surface area (Å²) in [6.07, 6.45) is 1.41. The number of carbonyl (C=O) groups excluding carboxylic acids is 1. The van der Waals surface area contributed by atoms with Crippen LogP contribution in [0.2, 0.25) is 0 Å². The van der Waals surface area contributed by atoms with Gasteiger partial charge in [0.05, 0.1) is 5.56 Å². The predicted molar refractivity (Wildman–Crippen MR) is 52.3 cm³/mol. The molecule has 4 heteroatoms. The summed E-state index contributed by atoms with van der Waals surface area (Å²) in [4.78, 5) is 21.4. The Morgan fingerprint density at radius 3 is 2.40 bits per heavy atom. The van der Waals surface area contributed by atoms with Crippen LogP contribution >= 0.6 is 0 Å². The van der Waals surface area contributed by atoms with E-state index < -0.39 is 5.97 Å². The number of rotatable bonds is 2. The van der Waals surface area contributed by atoms with Crippen LogP contribution in [0.4, 0.5) is 0 Å². The number of hydrogen-bond donors (Lipinski definition) is 1. The highest BCUT2D eigenvalue weighted by Crippen LogP contribution is 2.19. The summed E-state index contributed by atoms with van der Waals surface area (Å²) < 4.78 is 4.75. The largest absolute Gasteiger partial charge is 0.478 e. The number of benzene rings is 1. The van der Waals surface area contributed by atoms with Gasteiger partial charge >= 0.3 is 11.9 Å². The summed E-state index contributed by atoms with van der Waals surface area (Å²) in [6.45, 7) is 0.255. The van der Waals surface area contributed by atoms with E-state index >= 15 is 0 Å². The van der Waals surface area contributed by atoms with Crippen LogP contribution in [0, 0.1) is 0 Å². The maximum atomic E-state index is 10.8. The lowest BCUT2D eigenvalue weighted by atomic mass is 10.1. The molecule has 2 rings (SSSR count). The van der Waals surface area contributed by atoms with Crippen molar-refractivity contribution >= 4 is 17.5 Å². The molecule has 0 aromatic heterocycles. The molecule has 1 aliphatic heterocycles. The fourth-order valence-electron chi connectivity index (χ4n) is 1.37. The molecule has 76 valence electrons. The van der Waals surface area contributed by atoms with Gasteiger partial charge in [-0.3, -0.25) is 0 Å². The molecule has 0 fully saturated rings. The first kappa shape index (κ1) is 9.45. The lowest BCUT2D eigenvalue weighted by Gasteiger charge is -2.00. The van der Waals surface area contributed by atoms with Crippen molar-refractivity contribution in [1.29, 1.82) is 0 Å².